The minimum Gasteiger partial charge on any atom is -0.494 e. The van der Waals surface area contributed by atoms with Gasteiger partial charge in [0.1, 0.15) is 23.4 Å². The molecule has 0 bridgehead atoms. The van der Waals surface area contributed by atoms with Crippen molar-refractivity contribution in [2.24, 2.45) is 0 Å². The Balaban J connectivity index is 1.61. The molecule has 3 rings (SSSR count). The van der Waals surface area contributed by atoms with Gasteiger partial charge in [0, 0.05) is 24.1 Å². The van der Waals surface area contributed by atoms with E-state index < -0.39 is 0 Å². The number of nitrogens with one attached hydrogen (secondary N) is 1. The fourth-order valence-corrected chi connectivity index (χ4v) is 3.39. The molecule has 0 aliphatic carbocycles. The molecule has 1 aliphatic heterocycles. The van der Waals surface area contributed by atoms with Gasteiger partial charge in [-0.1, -0.05) is 32.0 Å². The van der Waals surface area contributed by atoms with Crippen LogP contribution in [0.2, 0.25) is 0 Å². The van der Waals surface area contributed by atoms with Gasteiger partial charge in [-0.15, -0.1) is 0 Å². The highest BCUT2D eigenvalue weighted by molar-refractivity contribution is 5.77. The zero-order chi connectivity index (χ0) is 20.1. The summed E-state index contributed by atoms with van der Waals surface area (Å²) in [5.74, 6) is 2.59. The molecule has 0 radical (unpaired) electrons. The largest absolute Gasteiger partial charge is 0.494 e. The first-order valence-corrected chi connectivity index (χ1v) is 9.91. The first-order valence-electron chi connectivity index (χ1n) is 9.91. The van der Waals surface area contributed by atoms with Gasteiger partial charge in [0.15, 0.2) is 6.61 Å². The third-order valence-electron chi connectivity index (χ3n) is 4.75. The van der Waals surface area contributed by atoms with Gasteiger partial charge in [-0.05, 0) is 43.5 Å². The predicted octanol–water partition coefficient (Wildman–Crippen LogP) is 4.23. The van der Waals surface area contributed by atoms with Crippen LogP contribution in [0.25, 0.3) is 0 Å². The standard InChI is InChI=1S/C23H29NO4/c1-5-26-21-11-17-10-16(4)28-22(17)12-18(21)13-24-23(25)14-27-20-9-7-6-8-19(20)15(2)3/h6-9,11-12,15-16H,5,10,13-14H2,1-4H3,(H,24,25). The minimum atomic E-state index is -0.171. The zero-order valence-electron chi connectivity index (χ0n) is 17.1. The number of ether oxygens (including phenoxy) is 3. The average molecular weight is 383 g/mol. The Labute approximate surface area is 167 Å². The van der Waals surface area contributed by atoms with E-state index in [0.29, 0.717) is 19.1 Å². The summed E-state index contributed by atoms with van der Waals surface area (Å²) >= 11 is 0. The number of benzene rings is 2. The number of para-hydroxylation sites is 1. The monoisotopic (exact) mass is 383 g/mol. The number of hydrogen-bond donors (Lipinski definition) is 1. The topological polar surface area (TPSA) is 56.8 Å². The lowest BCUT2D eigenvalue weighted by molar-refractivity contribution is -0.123. The summed E-state index contributed by atoms with van der Waals surface area (Å²) in [5.41, 5.74) is 3.16. The van der Waals surface area contributed by atoms with Crippen molar-refractivity contribution in [3.8, 4) is 17.2 Å². The van der Waals surface area contributed by atoms with Crippen LogP contribution in [-0.2, 0) is 17.8 Å². The van der Waals surface area contributed by atoms with E-state index in [1.165, 1.54) is 0 Å². The SMILES string of the molecule is CCOc1cc2c(cc1CNC(=O)COc1ccccc1C(C)C)OC(C)C2. The summed E-state index contributed by atoms with van der Waals surface area (Å²) in [5, 5.41) is 2.92. The van der Waals surface area contributed by atoms with Crippen LogP contribution in [0.15, 0.2) is 36.4 Å². The van der Waals surface area contributed by atoms with Crippen molar-refractivity contribution in [2.75, 3.05) is 13.2 Å². The average Bonchev–Trinajstić information content (AvgIpc) is 3.03. The molecule has 0 saturated heterocycles. The van der Waals surface area contributed by atoms with Crippen LogP contribution in [0.3, 0.4) is 0 Å². The Bertz CT molecular complexity index is 831. The molecule has 1 amide bonds. The highest BCUT2D eigenvalue weighted by atomic mass is 16.5. The second-order valence-electron chi connectivity index (χ2n) is 7.39. The summed E-state index contributed by atoms with van der Waals surface area (Å²) in [6.07, 6.45) is 1.05. The van der Waals surface area contributed by atoms with E-state index in [9.17, 15) is 4.79 Å². The predicted molar refractivity (Wildman–Crippen MR) is 109 cm³/mol. The van der Waals surface area contributed by atoms with Crippen molar-refractivity contribution in [2.45, 2.75) is 52.7 Å². The van der Waals surface area contributed by atoms with Crippen molar-refractivity contribution in [1.82, 2.24) is 5.32 Å². The van der Waals surface area contributed by atoms with Crippen LogP contribution < -0.4 is 19.5 Å². The molecule has 0 spiro atoms. The van der Waals surface area contributed by atoms with Gasteiger partial charge in [0.05, 0.1) is 6.61 Å². The molecule has 1 unspecified atom stereocenters. The number of rotatable bonds is 8. The molecule has 1 atom stereocenters. The maximum Gasteiger partial charge on any atom is 0.258 e. The first kappa shape index (κ1) is 20.1. The fourth-order valence-electron chi connectivity index (χ4n) is 3.39. The quantitative estimate of drug-likeness (QED) is 0.741. The van der Waals surface area contributed by atoms with Gasteiger partial charge in [-0.25, -0.2) is 0 Å². The van der Waals surface area contributed by atoms with Gasteiger partial charge < -0.3 is 19.5 Å². The van der Waals surface area contributed by atoms with Gasteiger partial charge in [0.25, 0.3) is 5.91 Å². The van der Waals surface area contributed by atoms with E-state index in [4.69, 9.17) is 14.2 Å². The summed E-state index contributed by atoms with van der Waals surface area (Å²) in [7, 11) is 0. The molecule has 5 nitrogen and oxygen atoms in total. The van der Waals surface area contributed by atoms with Gasteiger partial charge in [-0.3, -0.25) is 4.79 Å². The number of hydrogen-bond acceptors (Lipinski definition) is 4. The highest BCUT2D eigenvalue weighted by Crippen LogP contribution is 2.35. The number of amides is 1. The number of fused-ring (bicyclic) bond motifs is 1. The Morgan fingerprint density at radius 3 is 2.75 bits per heavy atom. The molecule has 0 saturated carbocycles. The number of carbonyl (C=O) groups excluding carboxylic acids is 1. The molecule has 2 aromatic rings. The van der Waals surface area contributed by atoms with Crippen LogP contribution in [0.1, 0.15) is 50.3 Å². The van der Waals surface area contributed by atoms with Crippen molar-refractivity contribution in [3.63, 3.8) is 0 Å². The van der Waals surface area contributed by atoms with E-state index in [1.807, 2.05) is 50.2 Å². The second kappa shape index (κ2) is 9.00. The summed E-state index contributed by atoms with van der Waals surface area (Å²) in [6, 6.07) is 11.8. The van der Waals surface area contributed by atoms with E-state index in [2.05, 4.69) is 19.2 Å². The maximum absolute atomic E-state index is 12.3. The van der Waals surface area contributed by atoms with Gasteiger partial charge in [-0.2, -0.15) is 0 Å². The molecule has 5 heteroatoms. The third-order valence-corrected chi connectivity index (χ3v) is 4.75. The minimum absolute atomic E-state index is 0.0217. The molecule has 2 aromatic carbocycles. The third kappa shape index (κ3) is 4.77. The summed E-state index contributed by atoms with van der Waals surface area (Å²) in [4.78, 5) is 12.3. The van der Waals surface area contributed by atoms with Crippen LogP contribution in [0, 0.1) is 0 Å². The number of carbonyl (C=O) groups is 1. The maximum atomic E-state index is 12.3. The molecule has 1 N–H and O–H groups in total. The Hall–Kier alpha value is -2.69. The molecule has 0 fully saturated rings. The Morgan fingerprint density at radius 2 is 2.00 bits per heavy atom. The molecule has 1 heterocycles. The smallest absolute Gasteiger partial charge is 0.258 e. The Morgan fingerprint density at radius 1 is 1.21 bits per heavy atom. The molecule has 1 aliphatic rings. The van der Waals surface area contributed by atoms with Crippen molar-refractivity contribution < 1.29 is 19.0 Å². The molecule has 150 valence electrons. The Kier molecular flexibility index (Phi) is 6.45. The van der Waals surface area contributed by atoms with Crippen molar-refractivity contribution in [1.29, 1.82) is 0 Å². The van der Waals surface area contributed by atoms with E-state index >= 15 is 0 Å². The summed E-state index contributed by atoms with van der Waals surface area (Å²) < 4.78 is 17.3. The summed E-state index contributed by atoms with van der Waals surface area (Å²) in [6.45, 7) is 9.14. The fraction of sp³-hybridized carbons (Fsp3) is 0.435. The van der Waals surface area contributed by atoms with Crippen LogP contribution in [-0.4, -0.2) is 25.2 Å². The van der Waals surface area contributed by atoms with Crippen LogP contribution >= 0.6 is 0 Å². The first-order chi connectivity index (χ1) is 13.5. The van der Waals surface area contributed by atoms with Gasteiger partial charge in [0.2, 0.25) is 0 Å². The van der Waals surface area contributed by atoms with Crippen molar-refractivity contribution in [3.05, 3.63) is 53.1 Å². The molecular weight excluding hydrogens is 354 g/mol. The van der Waals surface area contributed by atoms with E-state index in [0.717, 1.165) is 40.4 Å². The van der Waals surface area contributed by atoms with Crippen LogP contribution in [0.5, 0.6) is 17.2 Å². The lowest BCUT2D eigenvalue weighted by atomic mass is 10.0. The highest BCUT2D eigenvalue weighted by Gasteiger charge is 2.22. The van der Waals surface area contributed by atoms with Crippen molar-refractivity contribution >= 4 is 5.91 Å². The lowest BCUT2D eigenvalue weighted by Gasteiger charge is -2.15. The van der Waals surface area contributed by atoms with Gasteiger partial charge >= 0.3 is 0 Å². The normalized spacial score (nSPS) is 15.1. The zero-order valence-corrected chi connectivity index (χ0v) is 17.1. The lowest BCUT2D eigenvalue weighted by Crippen LogP contribution is -2.28. The molecular formula is C23H29NO4. The van der Waals surface area contributed by atoms with Crippen LogP contribution in [0.4, 0.5) is 0 Å². The second-order valence-corrected chi connectivity index (χ2v) is 7.39. The van der Waals surface area contributed by atoms with E-state index in [-0.39, 0.29) is 18.6 Å². The molecule has 0 aromatic heterocycles. The van der Waals surface area contributed by atoms with E-state index in [1.54, 1.807) is 0 Å². The molecule has 28 heavy (non-hydrogen) atoms.